The average molecular weight is 402 g/mol. The Morgan fingerprint density at radius 2 is 1.96 bits per heavy atom. The van der Waals surface area contributed by atoms with Gasteiger partial charge in [-0.15, -0.1) is 11.3 Å². The third-order valence-corrected chi connectivity index (χ3v) is 9.80. The fourth-order valence-electron chi connectivity index (χ4n) is 2.98. The van der Waals surface area contributed by atoms with E-state index in [0.717, 1.165) is 16.9 Å². The second-order valence-electron chi connectivity index (χ2n) is 5.89. The molecule has 2 heterocycles. The standard InChI is InChI=1S/C16H19NO5S3/c1-22-14-6-3-2-5-12(14)9-17-13-10-24(18,19)11-15(13)25(20,21)16-7-4-8-23-16/h2-8,13,15,17H,9-11H2,1H3. The molecule has 3 rings (SSSR count). The van der Waals surface area contributed by atoms with Crippen LogP contribution in [0.1, 0.15) is 5.56 Å². The number of rotatable bonds is 6. The van der Waals surface area contributed by atoms with Crippen molar-refractivity contribution in [1.82, 2.24) is 5.32 Å². The normalized spacial score (nSPS) is 22.8. The second kappa shape index (κ2) is 7.06. The van der Waals surface area contributed by atoms with Gasteiger partial charge in [-0.05, 0) is 17.5 Å². The highest BCUT2D eigenvalue weighted by atomic mass is 32.2. The molecule has 1 aromatic carbocycles. The summed E-state index contributed by atoms with van der Waals surface area (Å²) < 4.78 is 55.3. The topological polar surface area (TPSA) is 89.5 Å². The minimum atomic E-state index is -3.69. The van der Waals surface area contributed by atoms with Crippen LogP contribution in [-0.2, 0) is 26.2 Å². The summed E-state index contributed by atoms with van der Waals surface area (Å²) >= 11 is 1.11. The third kappa shape index (κ3) is 3.89. The van der Waals surface area contributed by atoms with Crippen LogP contribution in [0.25, 0.3) is 0 Å². The number of sulfone groups is 2. The van der Waals surface area contributed by atoms with Gasteiger partial charge in [0.1, 0.15) is 9.96 Å². The Hall–Kier alpha value is -1.42. The second-order valence-corrected chi connectivity index (χ2v) is 11.4. The van der Waals surface area contributed by atoms with Gasteiger partial charge in [0.05, 0.1) is 23.9 Å². The molecule has 1 aromatic heterocycles. The van der Waals surface area contributed by atoms with E-state index in [4.69, 9.17) is 4.74 Å². The van der Waals surface area contributed by atoms with Crippen molar-refractivity contribution in [3.05, 3.63) is 47.3 Å². The van der Waals surface area contributed by atoms with E-state index in [2.05, 4.69) is 5.32 Å². The Balaban J connectivity index is 1.83. The van der Waals surface area contributed by atoms with Gasteiger partial charge >= 0.3 is 0 Å². The van der Waals surface area contributed by atoms with Crippen LogP contribution in [0, 0.1) is 0 Å². The van der Waals surface area contributed by atoms with Crippen molar-refractivity contribution in [2.75, 3.05) is 18.6 Å². The van der Waals surface area contributed by atoms with Gasteiger partial charge in [-0.1, -0.05) is 24.3 Å². The maximum absolute atomic E-state index is 12.8. The lowest BCUT2D eigenvalue weighted by Gasteiger charge is -2.20. The van der Waals surface area contributed by atoms with Crippen LogP contribution in [0.15, 0.2) is 46.0 Å². The number of ether oxygens (including phenoxy) is 1. The summed E-state index contributed by atoms with van der Waals surface area (Å²) in [6, 6.07) is 9.87. The number of methoxy groups -OCH3 is 1. The van der Waals surface area contributed by atoms with Crippen molar-refractivity contribution in [3.63, 3.8) is 0 Å². The Bertz CT molecular complexity index is 936. The summed E-state index contributed by atoms with van der Waals surface area (Å²) in [6.07, 6.45) is 0. The van der Waals surface area contributed by atoms with Gasteiger partial charge in [-0.25, -0.2) is 16.8 Å². The molecule has 0 spiro atoms. The molecule has 2 aromatic rings. The zero-order valence-corrected chi connectivity index (χ0v) is 16.0. The quantitative estimate of drug-likeness (QED) is 0.789. The molecule has 0 saturated carbocycles. The lowest BCUT2D eigenvalue weighted by atomic mass is 10.1. The molecule has 25 heavy (non-hydrogen) atoms. The number of benzene rings is 1. The fourth-order valence-corrected chi connectivity index (χ4v) is 8.92. The highest BCUT2D eigenvalue weighted by Crippen LogP contribution is 2.29. The van der Waals surface area contributed by atoms with Crippen molar-refractivity contribution >= 4 is 31.0 Å². The lowest BCUT2D eigenvalue weighted by Crippen LogP contribution is -2.42. The molecule has 1 saturated heterocycles. The van der Waals surface area contributed by atoms with Crippen LogP contribution in [0.5, 0.6) is 5.75 Å². The van der Waals surface area contributed by atoms with Crippen molar-refractivity contribution in [2.45, 2.75) is 22.0 Å². The van der Waals surface area contributed by atoms with E-state index in [9.17, 15) is 16.8 Å². The molecule has 2 atom stereocenters. The summed E-state index contributed by atoms with van der Waals surface area (Å²) in [4.78, 5) is 0. The first-order chi connectivity index (χ1) is 11.8. The van der Waals surface area contributed by atoms with Crippen LogP contribution in [0.3, 0.4) is 0 Å². The molecular formula is C16H19NO5S3. The van der Waals surface area contributed by atoms with Gasteiger partial charge < -0.3 is 10.1 Å². The average Bonchev–Trinajstić information content (AvgIpc) is 3.21. The monoisotopic (exact) mass is 401 g/mol. The molecule has 1 N–H and O–H groups in total. The molecule has 6 nitrogen and oxygen atoms in total. The zero-order chi connectivity index (χ0) is 18.1. The van der Waals surface area contributed by atoms with Crippen LogP contribution < -0.4 is 10.1 Å². The van der Waals surface area contributed by atoms with Crippen LogP contribution in [0.2, 0.25) is 0 Å². The minimum absolute atomic E-state index is 0.183. The van der Waals surface area contributed by atoms with E-state index < -0.39 is 31.0 Å². The highest BCUT2D eigenvalue weighted by molar-refractivity contribution is 7.97. The van der Waals surface area contributed by atoms with Gasteiger partial charge in [0.25, 0.3) is 0 Å². The zero-order valence-electron chi connectivity index (χ0n) is 13.6. The summed E-state index contributed by atoms with van der Waals surface area (Å²) in [5.41, 5.74) is 0.849. The summed E-state index contributed by atoms with van der Waals surface area (Å²) in [5.74, 6) is 0.141. The fraction of sp³-hybridized carbons (Fsp3) is 0.375. The molecule has 136 valence electrons. The molecule has 0 bridgehead atoms. The van der Waals surface area contributed by atoms with Gasteiger partial charge in [0.2, 0.25) is 0 Å². The van der Waals surface area contributed by atoms with Crippen molar-refractivity contribution in [3.8, 4) is 5.75 Å². The number of nitrogens with one attached hydrogen (secondary N) is 1. The Labute approximate surface area is 151 Å². The molecule has 1 aliphatic rings. The van der Waals surface area contributed by atoms with E-state index in [1.807, 2.05) is 24.3 Å². The Morgan fingerprint density at radius 1 is 1.20 bits per heavy atom. The summed E-state index contributed by atoms with van der Waals surface area (Å²) in [6.45, 7) is 0.334. The molecule has 0 amide bonds. The molecule has 0 aliphatic carbocycles. The number of hydrogen-bond donors (Lipinski definition) is 1. The molecule has 9 heteroatoms. The highest BCUT2D eigenvalue weighted by Gasteiger charge is 2.46. The van der Waals surface area contributed by atoms with E-state index in [0.29, 0.717) is 12.3 Å². The molecule has 2 unspecified atom stereocenters. The molecule has 1 fully saturated rings. The molecular weight excluding hydrogens is 382 g/mol. The largest absolute Gasteiger partial charge is 0.496 e. The molecule has 0 radical (unpaired) electrons. The van der Waals surface area contributed by atoms with E-state index in [1.54, 1.807) is 18.6 Å². The van der Waals surface area contributed by atoms with Crippen LogP contribution >= 0.6 is 11.3 Å². The van der Waals surface area contributed by atoms with Gasteiger partial charge in [0.15, 0.2) is 19.7 Å². The number of para-hydroxylation sites is 1. The number of hydrogen-bond acceptors (Lipinski definition) is 7. The van der Waals surface area contributed by atoms with Crippen molar-refractivity contribution in [2.24, 2.45) is 0 Å². The predicted molar refractivity (Wildman–Crippen MR) is 97.6 cm³/mol. The smallest absolute Gasteiger partial charge is 0.193 e. The summed E-state index contributed by atoms with van der Waals surface area (Å²) in [5, 5.41) is 3.81. The Kier molecular flexibility index (Phi) is 5.19. The summed E-state index contributed by atoms with van der Waals surface area (Å²) in [7, 11) is -5.54. The van der Waals surface area contributed by atoms with Crippen LogP contribution in [-0.4, -0.2) is 46.7 Å². The van der Waals surface area contributed by atoms with Crippen molar-refractivity contribution < 1.29 is 21.6 Å². The van der Waals surface area contributed by atoms with Gasteiger partial charge in [0, 0.05) is 18.2 Å². The first kappa shape index (κ1) is 18.4. The SMILES string of the molecule is COc1ccccc1CNC1CS(=O)(=O)CC1S(=O)(=O)c1cccs1. The minimum Gasteiger partial charge on any atom is -0.496 e. The van der Waals surface area contributed by atoms with Gasteiger partial charge in [-0.3, -0.25) is 0 Å². The number of thiophene rings is 1. The first-order valence-electron chi connectivity index (χ1n) is 7.66. The van der Waals surface area contributed by atoms with Crippen LogP contribution in [0.4, 0.5) is 0 Å². The molecule has 1 aliphatic heterocycles. The Morgan fingerprint density at radius 3 is 2.64 bits per heavy atom. The maximum Gasteiger partial charge on any atom is 0.193 e. The van der Waals surface area contributed by atoms with Gasteiger partial charge in [-0.2, -0.15) is 0 Å². The lowest BCUT2D eigenvalue weighted by molar-refractivity contribution is 0.406. The van der Waals surface area contributed by atoms with E-state index in [1.165, 1.54) is 6.07 Å². The van der Waals surface area contributed by atoms with E-state index >= 15 is 0 Å². The predicted octanol–water partition coefficient (Wildman–Crippen LogP) is 1.49. The van der Waals surface area contributed by atoms with Crippen molar-refractivity contribution in [1.29, 1.82) is 0 Å². The first-order valence-corrected chi connectivity index (χ1v) is 11.9. The maximum atomic E-state index is 12.8. The third-order valence-electron chi connectivity index (χ3n) is 4.22. The van der Waals surface area contributed by atoms with E-state index in [-0.39, 0.29) is 15.7 Å².